The van der Waals surface area contributed by atoms with Gasteiger partial charge in [0.05, 0.1) is 11.2 Å². The van der Waals surface area contributed by atoms with Gasteiger partial charge in [-0.15, -0.1) is 12.4 Å². The van der Waals surface area contributed by atoms with E-state index in [1.807, 2.05) is 0 Å². The van der Waals surface area contributed by atoms with Crippen LogP contribution < -0.4 is 15.7 Å². The van der Waals surface area contributed by atoms with E-state index in [2.05, 4.69) is 62.2 Å². The number of piperidine rings is 1. The molecule has 0 radical (unpaired) electrons. The second-order valence-corrected chi connectivity index (χ2v) is 8.77. The van der Waals surface area contributed by atoms with Gasteiger partial charge in [0.15, 0.2) is 0 Å². The van der Waals surface area contributed by atoms with Gasteiger partial charge in [-0.05, 0) is 63.5 Å². The van der Waals surface area contributed by atoms with Crippen molar-refractivity contribution in [3.05, 3.63) is 24.3 Å². The molecule has 3 aliphatic heterocycles. The van der Waals surface area contributed by atoms with E-state index in [1.54, 1.807) is 0 Å². The van der Waals surface area contributed by atoms with Crippen LogP contribution in [0.15, 0.2) is 24.3 Å². The van der Waals surface area contributed by atoms with Crippen molar-refractivity contribution in [3.8, 4) is 0 Å². The highest BCUT2D eigenvalue weighted by Gasteiger charge is 2.51. The average molecular weight is 365 g/mol. The molecular formula is C19H30BClN2O2. The lowest BCUT2D eigenvalue weighted by atomic mass is 9.73. The molecular weight excluding hydrogens is 334 g/mol. The zero-order valence-corrected chi connectivity index (χ0v) is 16.6. The molecule has 0 saturated carbocycles. The first-order valence-corrected chi connectivity index (χ1v) is 9.22. The summed E-state index contributed by atoms with van der Waals surface area (Å²) >= 11 is 0. The Bertz CT molecular complexity index is 590. The molecule has 1 aromatic rings. The Morgan fingerprint density at radius 3 is 1.88 bits per heavy atom. The van der Waals surface area contributed by atoms with Crippen LogP contribution in [0.2, 0.25) is 0 Å². The number of hydrogen-bond donors (Lipinski definition) is 1. The highest BCUT2D eigenvalue weighted by atomic mass is 35.5. The molecule has 138 valence electrons. The minimum atomic E-state index is -0.283. The van der Waals surface area contributed by atoms with Gasteiger partial charge in [0.2, 0.25) is 0 Å². The van der Waals surface area contributed by atoms with Crippen LogP contribution in [0, 0.1) is 5.41 Å². The van der Waals surface area contributed by atoms with Crippen molar-refractivity contribution in [1.82, 2.24) is 5.32 Å². The maximum atomic E-state index is 6.14. The summed E-state index contributed by atoms with van der Waals surface area (Å²) in [4.78, 5) is 2.51. The first kappa shape index (κ1) is 19.0. The quantitative estimate of drug-likeness (QED) is 0.818. The Morgan fingerprint density at radius 1 is 0.920 bits per heavy atom. The van der Waals surface area contributed by atoms with E-state index in [0.717, 1.165) is 18.6 Å². The predicted molar refractivity (Wildman–Crippen MR) is 106 cm³/mol. The average Bonchev–Trinajstić information content (AvgIpc) is 2.74. The summed E-state index contributed by atoms with van der Waals surface area (Å²) in [6.07, 6.45) is 2.61. The Hall–Kier alpha value is -0.745. The van der Waals surface area contributed by atoms with Crippen LogP contribution in [0.3, 0.4) is 0 Å². The molecule has 4 rings (SSSR count). The molecule has 4 nitrogen and oxygen atoms in total. The van der Waals surface area contributed by atoms with Gasteiger partial charge in [-0.3, -0.25) is 0 Å². The van der Waals surface area contributed by atoms with E-state index in [1.165, 1.54) is 31.6 Å². The normalized spacial score (nSPS) is 26.2. The van der Waals surface area contributed by atoms with Crippen LogP contribution >= 0.6 is 12.4 Å². The van der Waals surface area contributed by atoms with Crippen LogP contribution in [0.25, 0.3) is 0 Å². The smallest absolute Gasteiger partial charge is 0.399 e. The monoisotopic (exact) mass is 364 g/mol. The maximum absolute atomic E-state index is 6.14. The van der Waals surface area contributed by atoms with Gasteiger partial charge in [0.1, 0.15) is 0 Å². The summed E-state index contributed by atoms with van der Waals surface area (Å²) in [5.74, 6) is 0. The number of rotatable bonds is 2. The molecule has 0 atom stereocenters. The van der Waals surface area contributed by atoms with Crippen molar-refractivity contribution in [2.24, 2.45) is 5.41 Å². The largest absolute Gasteiger partial charge is 0.494 e. The number of nitrogens with zero attached hydrogens (tertiary/aromatic N) is 1. The van der Waals surface area contributed by atoms with E-state index < -0.39 is 0 Å². The van der Waals surface area contributed by atoms with Crippen molar-refractivity contribution < 1.29 is 9.31 Å². The SMILES string of the molecule is CC1(C)OB(c2ccc(N3CCC4(CC3)CNC4)cc2)OC1(C)C.Cl. The molecule has 3 saturated heterocycles. The molecule has 1 N–H and O–H groups in total. The number of benzene rings is 1. The fraction of sp³-hybridized carbons (Fsp3) is 0.684. The summed E-state index contributed by atoms with van der Waals surface area (Å²) in [5, 5.41) is 3.43. The van der Waals surface area contributed by atoms with Gasteiger partial charge in [-0.25, -0.2) is 0 Å². The molecule has 0 bridgehead atoms. The second-order valence-electron chi connectivity index (χ2n) is 8.77. The fourth-order valence-electron chi connectivity index (χ4n) is 3.89. The summed E-state index contributed by atoms with van der Waals surface area (Å²) in [6, 6.07) is 8.76. The van der Waals surface area contributed by atoms with Crippen LogP contribution in [0.5, 0.6) is 0 Å². The lowest BCUT2D eigenvalue weighted by Crippen LogP contribution is -2.58. The third-order valence-electron chi connectivity index (χ3n) is 6.61. The van der Waals surface area contributed by atoms with Gasteiger partial charge in [0.25, 0.3) is 0 Å². The Morgan fingerprint density at radius 2 is 1.44 bits per heavy atom. The van der Waals surface area contributed by atoms with Crippen molar-refractivity contribution in [2.45, 2.75) is 51.7 Å². The molecule has 0 amide bonds. The van der Waals surface area contributed by atoms with Crippen LogP contribution in [0.4, 0.5) is 5.69 Å². The zero-order chi connectivity index (χ0) is 17.0. The van der Waals surface area contributed by atoms with Crippen LogP contribution in [0.1, 0.15) is 40.5 Å². The number of halogens is 1. The lowest BCUT2D eigenvalue weighted by molar-refractivity contribution is 0.00578. The summed E-state index contributed by atoms with van der Waals surface area (Å²) < 4.78 is 12.3. The summed E-state index contributed by atoms with van der Waals surface area (Å²) in [6.45, 7) is 13.1. The van der Waals surface area contributed by atoms with E-state index in [-0.39, 0.29) is 30.7 Å². The molecule has 3 heterocycles. The molecule has 0 unspecified atom stereocenters. The Kier molecular flexibility index (Phi) is 4.91. The summed E-state index contributed by atoms with van der Waals surface area (Å²) in [7, 11) is -0.269. The topological polar surface area (TPSA) is 33.7 Å². The first-order chi connectivity index (χ1) is 11.3. The number of hydrogen-bond acceptors (Lipinski definition) is 4. The lowest BCUT2D eigenvalue weighted by Gasteiger charge is -2.49. The van der Waals surface area contributed by atoms with E-state index in [9.17, 15) is 0 Å². The number of anilines is 1. The molecule has 3 fully saturated rings. The fourth-order valence-corrected chi connectivity index (χ4v) is 3.89. The number of nitrogens with one attached hydrogen (secondary N) is 1. The van der Waals surface area contributed by atoms with E-state index in [4.69, 9.17) is 9.31 Å². The molecule has 1 aromatic carbocycles. The zero-order valence-electron chi connectivity index (χ0n) is 15.8. The van der Waals surface area contributed by atoms with Gasteiger partial charge >= 0.3 is 7.12 Å². The first-order valence-electron chi connectivity index (χ1n) is 9.22. The highest BCUT2D eigenvalue weighted by molar-refractivity contribution is 6.62. The van der Waals surface area contributed by atoms with Gasteiger partial charge < -0.3 is 19.5 Å². The Balaban J connectivity index is 0.00000182. The van der Waals surface area contributed by atoms with Crippen molar-refractivity contribution >= 4 is 30.7 Å². The summed E-state index contributed by atoms with van der Waals surface area (Å²) in [5.41, 5.74) is 2.45. The van der Waals surface area contributed by atoms with Crippen molar-refractivity contribution in [1.29, 1.82) is 0 Å². The molecule has 1 spiro atoms. The van der Waals surface area contributed by atoms with Crippen LogP contribution in [-0.4, -0.2) is 44.5 Å². The maximum Gasteiger partial charge on any atom is 0.494 e. The Labute approximate surface area is 158 Å². The standard InChI is InChI=1S/C19H29BN2O2.ClH/c1-17(2)18(3,4)24-20(23-17)15-5-7-16(8-6-15)22-11-9-19(10-12-22)13-21-14-19;/h5-8,21H,9-14H2,1-4H3;1H. The molecule has 6 heteroatoms. The van der Waals surface area contributed by atoms with Gasteiger partial charge in [-0.2, -0.15) is 0 Å². The molecule has 0 aliphatic carbocycles. The molecule has 3 aliphatic rings. The van der Waals surface area contributed by atoms with Crippen molar-refractivity contribution in [2.75, 3.05) is 31.1 Å². The minimum Gasteiger partial charge on any atom is -0.399 e. The molecule has 25 heavy (non-hydrogen) atoms. The van der Waals surface area contributed by atoms with E-state index in [0.29, 0.717) is 5.41 Å². The van der Waals surface area contributed by atoms with Gasteiger partial charge in [-0.1, -0.05) is 12.1 Å². The highest BCUT2D eigenvalue weighted by Crippen LogP contribution is 2.37. The third-order valence-corrected chi connectivity index (χ3v) is 6.61. The third kappa shape index (κ3) is 3.32. The molecule has 0 aromatic heterocycles. The van der Waals surface area contributed by atoms with Crippen LogP contribution in [-0.2, 0) is 9.31 Å². The second kappa shape index (κ2) is 6.45. The minimum absolute atomic E-state index is 0. The van der Waals surface area contributed by atoms with E-state index >= 15 is 0 Å². The van der Waals surface area contributed by atoms with Gasteiger partial charge in [0, 0.05) is 31.9 Å². The predicted octanol–water partition coefficient (Wildman–Crippen LogP) is 2.60. The van der Waals surface area contributed by atoms with Crippen molar-refractivity contribution in [3.63, 3.8) is 0 Å².